The highest BCUT2D eigenvalue weighted by atomic mass is 16.3. The summed E-state index contributed by atoms with van der Waals surface area (Å²) in [5.41, 5.74) is 2.89. The van der Waals surface area contributed by atoms with Crippen molar-refractivity contribution in [1.82, 2.24) is 15.0 Å². The molecule has 0 atom stereocenters. The minimum atomic E-state index is 0.0650. The van der Waals surface area contributed by atoms with Gasteiger partial charge in [0.15, 0.2) is 5.82 Å². The SMILES string of the molecule is OCCNc1cc2[nH]cnc2c(NCc2ccccc2)n1. The van der Waals surface area contributed by atoms with Crippen LogP contribution in [0.15, 0.2) is 42.7 Å². The molecular weight excluding hydrogens is 266 g/mol. The third-order valence-corrected chi connectivity index (χ3v) is 3.13. The summed E-state index contributed by atoms with van der Waals surface area (Å²) in [5.74, 6) is 1.43. The average molecular weight is 283 g/mol. The number of rotatable bonds is 6. The molecular formula is C15H17N5O. The molecule has 0 spiro atoms. The van der Waals surface area contributed by atoms with Gasteiger partial charge in [0.1, 0.15) is 11.3 Å². The Morgan fingerprint density at radius 1 is 1.14 bits per heavy atom. The summed E-state index contributed by atoms with van der Waals surface area (Å²) in [6.07, 6.45) is 1.65. The van der Waals surface area contributed by atoms with Crippen LogP contribution in [0, 0.1) is 0 Å². The van der Waals surface area contributed by atoms with Gasteiger partial charge in [-0.05, 0) is 5.56 Å². The first-order valence-electron chi connectivity index (χ1n) is 6.83. The van der Waals surface area contributed by atoms with E-state index in [2.05, 4.69) is 37.7 Å². The number of hydrogen-bond acceptors (Lipinski definition) is 5. The van der Waals surface area contributed by atoms with Crippen molar-refractivity contribution in [3.8, 4) is 0 Å². The molecule has 0 fully saturated rings. The van der Waals surface area contributed by atoms with E-state index in [0.29, 0.717) is 18.9 Å². The first kappa shape index (κ1) is 13.4. The van der Waals surface area contributed by atoms with E-state index in [0.717, 1.165) is 16.9 Å². The highest BCUT2D eigenvalue weighted by molar-refractivity contribution is 5.87. The van der Waals surface area contributed by atoms with Crippen LogP contribution >= 0.6 is 0 Å². The molecule has 6 heteroatoms. The van der Waals surface area contributed by atoms with Gasteiger partial charge in [-0.1, -0.05) is 30.3 Å². The van der Waals surface area contributed by atoms with Gasteiger partial charge in [-0.25, -0.2) is 9.97 Å². The second-order valence-electron chi connectivity index (χ2n) is 4.64. The van der Waals surface area contributed by atoms with E-state index >= 15 is 0 Å². The molecule has 0 aliphatic heterocycles. The Labute approximate surface area is 122 Å². The molecule has 0 bridgehead atoms. The number of nitrogens with one attached hydrogen (secondary N) is 3. The third-order valence-electron chi connectivity index (χ3n) is 3.13. The predicted molar refractivity (Wildman–Crippen MR) is 83.2 cm³/mol. The third kappa shape index (κ3) is 3.11. The van der Waals surface area contributed by atoms with E-state index in [4.69, 9.17) is 5.11 Å². The molecule has 2 heterocycles. The molecule has 21 heavy (non-hydrogen) atoms. The molecule has 0 unspecified atom stereocenters. The van der Waals surface area contributed by atoms with Gasteiger partial charge in [-0.15, -0.1) is 0 Å². The fraction of sp³-hybridized carbons (Fsp3) is 0.200. The number of aromatic nitrogens is 3. The molecule has 3 aromatic rings. The Kier molecular flexibility index (Phi) is 3.97. The van der Waals surface area contributed by atoms with E-state index in [1.54, 1.807) is 6.33 Å². The Morgan fingerprint density at radius 2 is 2.00 bits per heavy atom. The minimum Gasteiger partial charge on any atom is -0.395 e. The molecule has 0 aliphatic carbocycles. The lowest BCUT2D eigenvalue weighted by molar-refractivity contribution is 0.311. The number of aliphatic hydroxyl groups excluding tert-OH is 1. The van der Waals surface area contributed by atoms with Crippen LogP contribution in [0.2, 0.25) is 0 Å². The van der Waals surface area contributed by atoms with Gasteiger partial charge in [0.25, 0.3) is 0 Å². The quantitative estimate of drug-likeness (QED) is 0.556. The van der Waals surface area contributed by atoms with E-state index in [1.165, 1.54) is 5.56 Å². The van der Waals surface area contributed by atoms with Gasteiger partial charge in [0.2, 0.25) is 0 Å². The first-order chi connectivity index (χ1) is 10.4. The first-order valence-corrected chi connectivity index (χ1v) is 6.83. The topological polar surface area (TPSA) is 85.9 Å². The summed E-state index contributed by atoms with van der Waals surface area (Å²) < 4.78 is 0. The molecule has 108 valence electrons. The Bertz CT molecular complexity index is 710. The molecule has 0 amide bonds. The van der Waals surface area contributed by atoms with Gasteiger partial charge in [-0.3, -0.25) is 0 Å². The maximum absolute atomic E-state index is 8.90. The normalized spacial score (nSPS) is 10.7. The Morgan fingerprint density at radius 3 is 2.81 bits per heavy atom. The molecule has 6 nitrogen and oxygen atoms in total. The summed E-state index contributed by atoms with van der Waals surface area (Å²) in [6.45, 7) is 1.21. The average Bonchev–Trinajstić information content (AvgIpc) is 3.00. The highest BCUT2D eigenvalue weighted by Gasteiger charge is 2.08. The zero-order valence-electron chi connectivity index (χ0n) is 11.5. The number of fused-ring (bicyclic) bond motifs is 1. The maximum Gasteiger partial charge on any atom is 0.156 e. The maximum atomic E-state index is 8.90. The number of imidazole rings is 1. The number of hydrogen-bond donors (Lipinski definition) is 4. The summed E-state index contributed by atoms with van der Waals surface area (Å²) in [5, 5.41) is 15.3. The number of aromatic amines is 1. The van der Waals surface area contributed by atoms with E-state index in [9.17, 15) is 0 Å². The van der Waals surface area contributed by atoms with Crippen molar-refractivity contribution in [2.75, 3.05) is 23.8 Å². The second-order valence-corrected chi connectivity index (χ2v) is 4.64. The van der Waals surface area contributed by atoms with Crippen LogP contribution in [0.1, 0.15) is 5.56 Å². The zero-order valence-corrected chi connectivity index (χ0v) is 11.5. The summed E-state index contributed by atoms with van der Waals surface area (Å²) in [4.78, 5) is 11.9. The number of H-pyrrole nitrogens is 1. The lowest BCUT2D eigenvalue weighted by atomic mass is 10.2. The van der Waals surface area contributed by atoms with Crippen molar-refractivity contribution in [2.24, 2.45) is 0 Å². The Hall–Kier alpha value is -2.60. The van der Waals surface area contributed by atoms with Crippen molar-refractivity contribution in [3.63, 3.8) is 0 Å². The van der Waals surface area contributed by atoms with Crippen LogP contribution in [-0.2, 0) is 6.54 Å². The van der Waals surface area contributed by atoms with E-state index < -0.39 is 0 Å². The van der Waals surface area contributed by atoms with Crippen molar-refractivity contribution in [3.05, 3.63) is 48.3 Å². The monoisotopic (exact) mass is 283 g/mol. The summed E-state index contributed by atoms with van der Waals surface area (Å²) >= 11 is 0. The smallest absolute Gasteiger partial charge is 0.156 e. The van der Waals surface area contributed by atoms with Crippen molar-refractivity contribution in [2.45, 2.75) is 6.54 Å². The Balaban J connectivity index is 1.83. The highest BCUT2D eigenvalue weighted by Crippen LogP contribution is 2.22. The molecule has 3 rings (SSSR count). The van der Waals surface area contributed by atoms with Crippen molar-refractivity contribution < 1.29 is 5.11 Å². The number of pyridine rings is 1. The van der Waals surface area contributed by atoms with E-state index in [-0.39, 0.29) is 6.61 Å². The molecule has 1 aromatic carbocycles. The van der Waals surface area contributed by atoms with Gasteiger partial charge in [0.05, 0.1) is 18.5 Å². The number of aliphatic hydroxyl groups is 1. The summed E-state index contributed by atoms with van der Waals surface area (Å²) in [6, 6.07) is 12.0. The van der Waals surface area contributed by atoms with Crippen LogP contribution < -0.4 is 10.6 Å². The largest absolute Gasteiger partial charge is 0.395 e. The molecule has 2 aromatic heterocycles. The van der Waals surface area contributed by atoms with Gasteiger partial charge in [0, 0.05) is 19.2 Å². The molecule has 4 N–H and O–H groups in total. The number of anilines is 2. The summed E-state index contributed by atoms with van der Waals surface area (Å²) in [7, 11) is 0. The van der Waals surface area contributed by atoms with Gasteiger partial charge in [-0.2, -0.15) is 0 Å². The van der Waals surface area contributed by atoms with Crippen molar-refractivity contribution in [1.29, 1.82) is 0 Å². The van der Waals surface area contributed by atoms with Crippen LogP contribution in [0.25, 0.3) is 11.0 Å². The van der Waals surface area contributed by atoms with Crippen molar-refractivity contribution >= 4 is 22.7 Å². The van der Waals surface area contributed by atoms with Crippen LogP contribution in [0.3, 0.4) is 0 Å². The number of nitrogens with zero attached hydrogens (tertiary/aromatic N) is 2. The van der Waals surface area contributed by atoms with E-state index in [1.807, 2.05) is 24.3 Å². The lowest BCUT2D eigenvalue weighted by Gasteiger charge is -2.09. The fourth-order valence-corrected chi connectivity index (χ4v) is 2.12. The fourth-order valence-electron chi connectivity index (χ4n) is 2.12. The van der Waals surface area contributed by atoms with Crippen LogP contribution in [0.4, 0.5) is 11.6 Å². The van der Waals surface area contributed by atoms with Gasteiger partial charge < -0.3 is 20.7 Å². The zero-order chi connectivity index (χ0) is 14.5. The van der Waals surface area contributed by atoms with Crippen LogP contribution in [-0.4, -0.2) is 33.2 Å². The molecule has 0 radical (unpaired) electrons. The lowest BCUT2D eigenvalue weighted by Crippen LogP contribution is -2.09. The van der Waals surface area contributed by atoms with Crippen LogP contribution in [0.5, 0.6) is 0 Å². The minimum absolute atomic E-state index is 0.0650. The molecule has 0 aliphatic rings. The molecule has 0 saturated heterocycles. The second kappa shape index (κ2) is 6.23. The van der Waals surface area contributed by atoms with Gasteiger partial charge >= 0.3 is 0 Å². The molecule has 0 saturated carbocycles. The number of benzene rings is 1. The standard InChI is InChI=1S/C15H17N5O/c21-7-6-16-13-8-12-14(19-10-18-12)15(20-13)17-9-11-4-2-1-3-5-11/h1-5,8,10,21H,6-7,9H2,(H,18,19)(H2,16,17,20). The predicted octanol–water partition coefficient (Wildman–Crippen LogP) is 1.97.